The van der Waals surface area contributed by atoms with Gasteiger partial charge in [-0.1, -0.05) is 6.07 Å². The quantitative estimate of drug-likeness (QED) is 0.835. The number of nitrogens with zero attached hydrogens (tertiary/aromatic N) is 1. The molecule has 1 aromatic heterocycles. The highest BCUT2D eigenvalue weighted by Crippen LogP contribution is 2.13. The number of halogens is 3. The molecule has 0 aliphatic rings. The van der Waals surface area contributed by atoms with Crippen molar-refractivity contribution in [3.63, 3.8) is 0 Å². The van der Waals surface area contributed by atoms with Crippen molar-refractivity contribution in [1.82, 2.24) is 4.98 Å². The van der Waals surface area contributed by atoms with Gasteiger partial charge in [-0.3, -0.25) is 4.79 Å². The monoisotopic (exact) mass is 252 g/mol. The Bertz CT molecular complexity index is 602. The van der Waals surface area contributed by atoms with Crippen molar-refractivity contribution < 1.29 is 18.0 Å². The zero-order valence-electron chi connectivity index (χ0n) is 8.95. The molecule has 1 N–H and O–H groups in total. The Morgan fingerprint density at radius 3 is 2.56 bits per heavy atom. The fourth-order valence-electron chi connectivity index (χ4n) is 1.33. The molecule has 0 radical (unpaired) electrons. The Morgan fingerprint density at radius 2 is 1.89 bits per heavy atom. The van der Waals surface area contributed by atoms with Gasteiger partial charge in [-0.05, 0) is 30.3 Å². The van der Waals surface area contributed by atoms with Gasteiger partial charge in [-0.2, -0.15) is 13.8 Å². The highest BCUT2D eigenvalue weighted by atomic mass is 19.1. The maximum absolute atomic E-state index is 13.2. The summed E-state index contributed by atoms with van der Waals surface area (Å²) < 4.78 is 38.6. The van der Waals surface area contributed by atoms with Crippen molar-refractivity contribution in [3.8, 4) is 0 Å². The lowest BCUT2D eigenvalue weighted by Crippen LogP contribution is -2.13. The van der Waals surface area contributed by atoms with E-state index in [1.807, 2.05) is 0 Å². The third-order valence-corrected chi connectivity index (χ3v) is 2.15. The van der Waals surface area contributed by atoms with Crippen LogP contribution in [0.25, 0.3) is 0 Å². The van der Waals surface area contributed by atoms with Crippen LogP contribution >= 0.6 is 0 Å². The lowest BCUT2D eigenvalue weighted by atomic mass is 10.2. The van der Waals surface area contributed by atoms with Gasteiger partial charge in [0, 0.05) is 5.56 Å². The smallest absolute Gasteiger partial charge is 0.255 e. The van der Waals surface area contributed by atoms with Crippen LogP contribution in [-0.4, -0.2) is 10.9 Å². The fraction of sp³-hybridized carbons (Fsp3) is 0. The molecule has 3 nitrogen and oxygen atoms in total. The van der Waals surface area contributed by atoms with E-state index in [2.05, 4.69) is 10.3 Å². The van der Waals surface area contributed by atoms with E-state index < -0.39 is 23.6 Å². The predicted molar refractivity (Wildman–Crippen MR) is 58.5 cm³/mol. The number of nitrogens with one attached hydrogen (secondary N) is 1. The van der Waals surface area contributed by atoms with Gasteiger partial charge >= 0.3 is 0 Å². The van der Waals surface area contributed by atoms with Crippen LogP contribution in [0.3, 0.4) is 0 Å². The van der Waals surface area contributed by atoms with E-state index in [1.165, 1.54) is 18.2 Å². The normalized spacial score (nSPS) is 10.2. The minimum atomic E-state index is -1.14. The summed E-state index contributed by atoms with van der Waals surface area (Å²) in [7, 11) is 0. The summed E-state index contributed by atoms with van der Waals surface area (Å²) in [5, 5.41) is 2.17. The number of benzene rings is 1. The highest BCUT2D eigenvalue weighted by Gasteiger charge is 2.11. The molecule has 2 aromatic rings. The summed E-state index contributed by atoms with van der Waals surface area (Å²) in [6, 6.07) is 6.84. The van der Waals surface area contributed by atoms with Crippen LogP contribution in [0.4, 0.5) is 18.9 Å². The van der Waals surface area contributed by atoms with Gasteiger partial charge in [0.1, 0.15) is 5.82 Å². The minimum absolute atomic E-state index is 0.0266. The van der Waals surface area contributed by atoms with Crippen LogP contribution < -0.4 is 5.32 Å². The number of carbonyl (C=O) groups excluding carboxylic acids is 1. The number of rotatable bonds is 2. The highest BCUT2D eigenvalue weighted by molar-refractivity contribution is 6.04. The molecule has 1 amide bonds. The van der Waals surface area contributed by atoms with E-state index in [0.29, 0.717) is 0 Å². The van der Waals surface area contributed by atoms with Gasteiger partial charge in [0.15, 0.2) is 0 Å². The van der Waals surface area contributed by atoms with Crippen molar-refractivity contribution in [2.75, 3.05) is 5.32 Å². The lowest BCUT2D eigenvalue weighted by molar-refractivity contribution is 0.102. The second kappa shape index (κ2) is 4.87. The van der Waals surface area contributed by atoms with Crippen LogP contribution in [0.1, 0.15) is 10.4 Å². The number of hydrogen-bond donors (Lipinski definition) is 1. The average molecular weight is 252 g/mol. The molecule has 0 fully saturated rings. The van der Waals surface area contributed by atoms with Crippen LogP contribution in [0.15, 0.2) is 36.4 Å². The van der Waals surface area contributed by atoms with Crippen molar-refractivity contribution in [3.05, 3.63) is 59.7 Å². The van der Waals surface area contributed by atoms with Gasteiger partial charge in [-0.15, -0.1) is 0 Å². The molecule has 2 rings (SSSR count). The first-order valence-corrected chi connectivity index (χ1v) is 4.95. The second-order valence-electron chi connectivity index (χ2n) is 3.44. The third kappa shape index (κ3) is 2.65. The third-order valence-electron chi connectivity index (χ3n) is 2.15. The van der Waals surface area contributed by atoms with E-state index in [4.69, 9.17) is 0 Å². The van der Waals surface area contributed by atoms with E-state index in [9.17, 15) is 18.0 Å². The van der Waals surface area contributed by atoms with Crippen molar-refractivity contribution in [1.29, 1.82) is 0 Å². The molecule has 0 bridgehead atoms. The number of hydrogen-bond acceptors (Lipinski definition) is 2. The Morgan fingerprint density at radius 1 is 1.11 bits per heavy atom. The van der Waals surface area contributed by atoms with E-state index >= 15 is 0 Å². The Labute approximate surface area is 100 Å². The summed E-state index contributed by atoms with van der Waals surface area (Å²) in [5.74, 6) is -3.42. The molecule has 0 spiro atoms. The minimum Gasteiger partial charge on any atom is -0.318 e. The number of carbonyl (C=O) groups is 1. The molecule has 0 unspecified atom stereocenters. The van der Waals surface area contributed by atoms with E-state index in [0.717, 1.165) is 18.2 Å². The topological polar surface area (TPSA) is 42.0 Å². The zero-order valence-corrected chi connectivity index (χ0v) is 8.95. The summed E-state index contributed by atoms with van der Waals surface area (Å²) >= 11 is 0. The number of aromatic nitrogens is 1. The summed E-state index contributed by atoms with van der Waals surface area (Å²) in [5.41, 5.74) is -0.246. The predicted octanol–water partition coefficient (Wildman–Crippen LogP) is 2.75. The van der Waals surface area contributed by atoms with Gasteiger partial charge < -0.3 is 5.32 Å². The molecule has 92 valence electrons. The SMILES string of the molecule is O=C(Nc1ccc(F)nc1F)c1cccc(F)c1. The van der Waals surface area contributed by atoms with Crippen LogP contribution in [0.2, 0.25) is 0 Å². The molecule has 0 atom stereocenters. The first-order chi connectivity index (χ1) is 8.56. The number of anilines is 1. The maximum atomic E-state index is 13.2. The summed E-state index contributed by atoms with van der Waals surface area (Å²) in [6.45, 7) is 0. The molecule has 0 aliphatic carbocycles. The van der Waals surface area contributed by atoms with Crippen LogP contribution in [0.5, 0.6) is 0 Å². The lowest BCUT2D eigenvalue weighted by Gasteiger charge is -2.05. The Hall–Kier alpha value is -2.37. The van der Waals surface area contributed by atoms with Gasteiger partial charge in [-0.25, -0.2) is 4.39 Å². The van der Waals surface area contributed by atoms with E-state index in [1.54, 1.807) is 0 Å². The Kier molecular flexibility index (Phi) is 3.27. The maximum Gasteiger partial charge on any atom is 0.255 e. The second-order valence-corrected chi connectivity index (χ2v) is 3.44. The molecule has 0 saturated heterocycles. The average Bonchev–Trinajstić information content (AvgIpc) is 2.32. The van der Waals surface area contributed by atoms with Crippen molar-refractivity contribution >= 4 is 11.6 Å². The molecule has 1 heterocycles. The molecule has 6 heteroatoms. The number of pyridine rings is 1. The first kappa shape index (κ1) is 12.1. The van der Waals surface area contributed by atoms with Crippen molar-refractivity contribution in [2.45, 2.75) is 0 Å². The molecular formula is C12H7F3N2O. The van der Waals surface area contributed by atoms with Gasteiger partial charge in [0.25, 0.3) is 5.91 Å². The molecular weight excluding hydrogens is 245 g/mol. The summed E-state index contributed by atoms with van der Waals surface area (Å²) in [4.78, 5) is 14.6. The van der Waals surface area contributed by atoms with Gasteiger partial charge in [0.05, 0.1) is 5.69 Å². The van der Waals surface area contributed by atoms with Crippen LogP contribution in [-0.2, 0) is 0 Å². The molecule has 0 saturated carbocycles. The number of amides is 1. The fourth-order valence-corrected chi connectivity index (χ4v) is 1.33. The van der Waals surface area contributed by atoms with Crippen molar-refractivity contribution in [2.24, 2.45) is 0 Å². The molecule has 1 aromatic carbocycles. The van der Waals surface area contributed by atoms with Crippen LogP contribution in [0, 0.1) is 17.7 Å². The van der Waals surface area contributed by atoms with Gasteiger partial charge in [0.2, 0.25) is 11.9 Å². The first-order valence-electron chi connectivity index (χ1n) is 4.95. The Balaban J connectivity index is 2.21. The zero-order chi connectivity index (χ0) is 13.1. The summed E-state index contributed by atoms with van der Waals surface area (Å²) in [6.07, 6.45) is 0. The van der Waals surface area contributed by atoms with E-state index in [-0.39, 0.29) is 11.3 Å². The standard InChI is InChI=1S/C12H7F3N2O/c13-8-3-1-2-7(6-8)12(18)16-9-4-5-10(14)17-11(9)15/h1-6H,(H,16,18). The largest absolute Gasteiger partial charge is 0.318 e. The molecule has 0 aliphatic heterocycles. The molecule has 18 heavy (non-hydrogen) atoms.